The van der Waals surface area contributed by atoms with Crippen LogP contribution in [0, 0.1) is 6.92 Å². The Bertz CT molecular complexity index is 819. The van der Waals surface area contributed by atoms with Crippen LogP contribution in [0.1, 0.15) is 28.8 Å². The van der Waals surface area contributed by atoms with Gasteiger partial charge in [-0.1, -0.05) is 15.9 Å². The number of carbonyl (C=O) groups is 2. The topological polar surface area (TPSA) is 64.6 Å². The zero-order valence-electron chi connectivity index (χ0n) is 13.8. The quantitative estimate of drug-likeness (QED) is 0.762. The van der Waals surface area contributed by atoms with Crippen LogP contribution >= 0.6 is 15.9 Å². The molecule has 1 heterocycles. The maximum Gasteiger partial charge on any atom is 0.224 e. The summed E-state index contributed by atoms with van der Waals surface area (Å²) in [6.07, 6.45) is 0.268. The van der Waals surface area contributed by atoms with Crippen LogP contribution in [0.4, 0.5) is 5.69 Å². The summed E-state index contributed by atoms with van der Waals surface area (Å²) in [5, 5.41) is 2.84. The van der Waals surface area contributed by atoms with Crippen LogP contribution < -0.4 is 14.8 Å². The number of ether oxygens (including phenoxy) is 2. The Morgan fingerprint density at radius 1 is 1.04 bits per heavy atom. The summed E-state index contributed by atoms with van der Waals surface area (Å²) in [5.74, 6) is 0.939. The minimum Gasteiger partial charge on any atom is -0.486 e. The Morgan fingerprint density at radius 2 is 1.80 bits per heavy atom. The number of Topliss-reactive ketones (excluding diaryl/α,β-unsaturated/α-hetero) is 1. The predicted octanol–water partition coefficient (Wildman–Crippen LogP) is 4.13. The molecule has 1 aliphatic rings. The highest BCUT2D eigenvalue weighted by atomic mass is 79.9. The van der Waals surface area contributed by atoms with E-state index in [1.165, 1.54) is 0 Å². The van der Waals surface area contributed by atoms with E-state index < -0.39 is 0 Å². The van der Waals surface area contributed by atoms with E-state index in [1.54, 1.807) is 18.2 Å². The average molecular weight is 404 g/mol. The smallest absolute Gasteiger partial charge is 0.224 e. The molecule has 0 radical (unpaired) electrons. The van der Waals surface area contributed by atoms with Gasteiger partial charge in [0.2, 0.25) is 5.91 Å². The summed E-state index contributed by atoms with van der Waals surface area (Å²) in [7, 11) is 0. The molecule has 0 saturated carbocycles. The van der Waals surface area contributed by atoms with Gasteiger partial charge in [-0.25, -0.2) is 0 Å². The number of aryl methyl sites for hydroxylation is 1. The Labute approximate surface area is 154 Å². The maximum atomic E-state index is 12.3. The predicted molar refractivity (Wildman–Crippen MR) is 98.5 cm³/mol. The molecule has 2 aromatic rings. The Hall–Kier alpha value is -2.34. The minimum atomic E-state index is -0.184. The zero-order valence-corrected chi connectivity index (χ0v) is 15.4. The SMILES string of the molecule is Cc1cc(Br)ccc1NC(=O)CCC(=O)c1ccc2c(c1)OCCO2. The fourth-order valence-electron chi connectivity index (χ4n) is 2.57. The van der Waals surface area contributed by atoms with Crippen LogP contribution in [0.2, 0.25) is 0 Å². The van der Waals surface area contributed by atoms with Gasteiger partial charge < -0.3 is 14.8 Å². The number of hydrogen-bond acceptors (Lipinski definition) is 4. The second-order valence-corrected chi connectivity index (χ2v) is 6.70. The van der Waals surface area contributed by atoms with E-state index in [9.17, 15) is 9.59 Å². The molecule has 0 aromatic heterocycles. The van der Waals surface area contributed by atoms with E-state index in [-0.39, 0.29) is 24.5 Å². The maximum absolute atomic E-state index is 12.3. The van der Waals surface area contributed by atoms with Gasteiger partial charge in [-0.15, -0.1) is 0 Å². The van der Waals surface area contributed by atoms with Crippen molar-refractivity contribution in [3.8, 4) is 11.5 Å². The fourth-order valence-corrected chi connectivity index (χ4v) is 3.04. The third kappa shape index (κ3) is 4.39. The van der Waals surface area contributed by atoms with E-state index in [2.05, 4.69) is 21.2 Å². The van der Waals surface area contributed by atoms with E-state index in [0.29, 0.717) is 30.3 Å². The number of rotatable bonds is 5. The lowest BCUT2D eigenvalue weighted by atomic mass is 10.1. The van der Waals surface area contributed by atoms with E-state index in [1.807, 2.05) is 25.1 Å². The molecule has 2 aromatic carbocycles. The van der Waals surface area contributed by atoms with E-state index >= 15 is 0 Å². The number of ketones is 1. The molecule has 0 spiro atoms. The number of benzene rings is 2. The van der Waals surface area contributed by atoms with Crippen molar-refractivity contribution in [1.29, 1.82) is 0 Å². The first-order valence-corrected chi connectivity index (χ1v) is 8.81. The van der Waals surface area contributed by atoms with Crippen molar-refractivity contribution in [2.75, 3.05) is 18.5 Å². The van der Waals surface area contributed by atoms with Gasteiger partial charge in [-0.2, -0.15) is 0 Å². The summed E-state index contributed by atoms with van der Waals surface area (Å²) < 4.78 is 11.9. The Morgan fingerprint density at radius 3 is 2.56 bits per heavy atom. The van der Waals surface area contributed by atoms with Crippen molar-refractivity contribution in [3.05, 3.63) is 52.0 Å². The first-order chi connectivity index (χ1) is 12.0. The Kier molecular flexibility index (Phi) is 5.38. The van der Waals surface area contributed by atoms with Gasteiger partial charge in [0.15, 0.2) is 17.3 Å². The highest BCUT2D eigenvalue weighted by Crippen LogP contribution is 2.31. The molecule has 0 fully saturated rings. The van der Waals surface area contributed by atoms with Gasteiger partial charge in [-0.05, 0) is 48.9 Å². The summed E-state index contributed by atoms with van der Waals surface area (Å²) >= 11 is 3.39. The number of carbonyl (C=O) groups excluding carboxylic acids is 2. The van der Waals surface area contributed by atoms with Crippen LogP contribution in [-0.2, 0) is 4.79 Å². The van der Waals surface area contributed by atoms with Crippen LogP contribution in [0.3, 0.4) is 0 Å². The molecule has 0 atom stereocenters. The van der Waals surface area contributed by atoms with Gasteiger partial charge in [-0.3, -0.25) is 9.59 Å². The third-order valence-corrected chi connectivity index (χ3v) is 4.40. The average Bonchev–Trinajstić information content (AvgIpc) is 2.61. The first kappa shape index (κ1) is 17.5. The molecule has 0 aliphatic carbocycles. The second kappa shape index (κ2) is 7.70. The molecule has 5 nitrogen and oxygen atoms in total. The summed E-state index contributed by atoms with van der Waals surface area (Å²) in [6, 6.07) is 10.7. The highest BCUT2D eigenvalue weighted by Gasteiger charge is 2.16. The van der Waals surface area contributed by atoms with Crippen LogP contribution in [-0.4, -0.2) is 24.9 Å². The number of anilines is 1. The number of halogens is 1. The van der Waals surface area contributed by atoms with E-state index in [4.69, 9.17) is 9.47 Å². The molecule has 25 heavy (non-hydrogen) atoms. The van der Waals surface area contributed by atoms with Crippen molar-refractivity contribution < 1.29 is 19.1 Å². The monoisotopic (exact) mass is 403 g/mol. The molecule has 130 valence electrons. The number of fused-ring (bicyclic) bond motifs is 1. The molecular weight excluding hydrogens is 386 g/mol. The highest BCUT2D eigenvalue weighted by molar-refractivity contribution is 9.10. The number of nitrogens with one attached hydrogen (secondary N) is 1. The van der Waals surface area contributed by atoms with Crippen molar-refractivity contribution in [2.45, 2.75) is 19.8 Å². The summed E-state index contributed by atoms with van der Waals surface area (Å²) in [4.78, 5) is 24.4. The standard InChI is InChI=1S/C19H18BrNO4/c1-12-10-14(20)3-4-15(12)21-19(23)7-5-16(22)13-2-6-17-18(11-13)25-9-8-24-17/h2-4,6,10-11H,5,7-9H2,1H3,(H,21,23). The van der Waals surface area contributed by atoms with Gasteiger partial charge in [0.25, 0.3) is 0 Å². The molecule has 3 rings (SSSR count). The van der Waals surface area contributed by atoms with Gasteiger partial charge in [0, 0.05) is 28.6 Å². The van der Waals surface area contributed by atoms with Crippen LogP contribution in [0.15, 0.2) is 40.9 Å². The van der Waals surface area contributed by atoms with Gasteiger partial charge in [0.05, 0.1) is 0 Å². The molecule has 0 bridgehead atoms. The van der Waals surface area contributed by atoms with Crippen molar-refractivity contribution >= 4 is 33.3 Å². The largest absolute Gasteiger partial charge is 0.486 e. The number of hydrogen-bond donors (Lipinski definition) is 1. The summed E-state index contributed by atoms with van der Waals surface area (Å²) in [6.45, 7) is 2.90. The zero-order chi connectivity index (χ0) is 17.8. The molecule has 0 unspecified atom stereocenters. The second-order valence-electron chi connectivity index (χ2n) is 5.79. The van der Waals surface area contributed by atoms with E-state index in [0.717, 1.165) is 15.7 Å². The van der Waals surface area contributed by atoms with Crippen LogP contribution in [0.5, 0.6) is 11.5 Å². The molecule has 1 N–H and O–H groups in total. The van der Waals surface area contributed by atoms with Gasteiger partial charge >= 0.3 is 0 Å². The summed E-state index contributed by atoms with van der Waals surface area (Å²) in [5.41, 5.74) is 2.23. The molecule has 0 saturated heterocycles. The van der Waals surface area contributed by atoms with Gasteiger partial charge in [0.1, 0.15) is 13.2 Å². The van der Waals surface area contributed by atoms with Crippen molar-refractivity contribution in [1.82, 2.24) is 0 Å². The third-order valence-electron chi connectivity index (χ3n) is 3.91. The molecule has 1 aliphatic heterocycles. The van der Waals surface area contributed by atoms with Crippen LogP contribution in [0.25, 0.3) is 0 Å². The molecular formula is C19H18BrNO4. The normalized spacial score (nSPS) is 12.6. The molecule has 1 amide bonds. The fraction of sp³-hybridized carbons (Fsp3) is 0.263. The first-order valence-electron chi connectivity index (χ1n) is 8.02. The van der Waals surface area contributed by atoms with Crippen molar-refractivity contribution in [3.63, 3.8) is 0 Å². The lowest BCUT2D eigenvalue weighted by Gasteiger charge is -2.18. The number of amides is 1. The lowest BCUT2D eigenvalue weighted by molar-refractivity contribution is -0.116. The van der Waals surface area contributed by atoms with Crippen molar-refractivity contribution in [2.24, 2.45) is 0 Å². The Balaban J connectivity index is 1.57. The minimum absolute atomic E-state index is 0.0975. The molecule has 6 heteroatoms. The lowest BCUT2D eigenvalue weighted by Crippen LogP contribution is -2.16.